The summed E-state index contributed by atoms with van der Waals surface area (Å²) in [6.45, 7) is 6.62. The van der Waals surface area contributed by atoms with Gasteiger partial charge in [-0.3, -0.25) is 0 Å². The zero-order valence-electron chi connectivity index (χ0n) is 7.26. The molecule has 0 aliphatic heterocycles. The van der Waals surface area contributed by atoms with E-state index in [1.165, 1.54) is 6.42 Å². The minimum Gasteiger partial charge on any atom is -0.327 e. The first-order chi connectivity index (χ1) is 4.70. The molecule has 0 fully saturated rings. The van der Waals surface area contributed by atoms with Crippen LogP contribution in [0.3, 0.4) is 0 Å². The van der Waals surface area contributed by atoms with E-state index < -0.39 is 0 Å². The Kier molecular flexibility index (Phi) is 6.24. The van der Waals surface area contributed by atoms with Crippen molar-refractivity contribution < 1.29 is 0 Å². The minimum atomic E-state index is 0.402. The van der Waals surface area contributed by atoms with E-state index in [2.05, 4.69) is 20.8 Å². The number of thioether (sulfide) groups is 1. The Morgan fingerprint density at radius 3 is 2.30 bits per heavy atom. The summed E-state index contributed by atoms with van der Waals surface area (Å²) in [4.78, 5) is 0. The molecule has 0 spiro atoms. The molecule has 10 heavy (non-hydrogen) atoms. The first-order valence-corrected chi connectivity index (χ1v) is 5.12. The molecule has 2 N–H and O–H groups in total. The molecular weight excluding hydrogens is 142 g/mol. The standard InChI is InChI=1S/C8H19NS/c1-4-7(3)10-6-8(9)5-2/h7-8H,4-6,9H2,1-3H3/t7?,8-/m0/s1. The van der Waals surface area contributed by atoms with Gasteiger partial charge in [0.05, 0.1) is 0 Å². The van der Waals surface area contributed by atoms with Crippen molar-refractivity contribution in [3.05, 3.63) is 0 Å². The van der Waals surface area contributed by atoms with Crippen LogP contribution in [0.1, 0.15) is 33.6 Å². The minimum absolute atomic E-state index is 0.402. The van der Waals surface area contributed by atoms with Crippen LogP contribution in [0.4, 0.5) is 0 Å². The predicted molar refractivity (Wildman–Crippen MR) is 50.5 cm³/mol. The fraction of sp³-hybridized carbons (Fsp3) is 1.00. The van der Waals surface area contributed by atoms with Crippen molar-refractivity contribution in [2.24, 2.45) is 5.73 Å². The van der Waals surface area contributed by atoms with Gasteiger partial charge in [0.25, 0.3) is 0 Å². The van der Waals surface area contributed by atoms with Crippen LogP contribution in [0.5, 0.6) is 0 Å². The van der Waals surface area contributed by atoms with Crippen molar-refractivity contribution in [1.82, 2.24) is 0 Å². The Morgan fingerprint density at radius 1 is 1.30 bits per heavy atom. The quantitative estimate of drug-likeness (QED) is 0.669. The predicted octanol–water partition coefficient (Wildman–Crippen LogP) is 2.26. The number of hydrogen-bond donors (Lipinski definition) is 1. The third-order valence-electron chi connectivity index (χ3n) is 1.69. The number of hydrogen-bond acceptors (Lipinski definition) is 2. The Morgan fingerprint density at radius 2 is 1.90 bits per heavy atom. The Balaban J connectivity index is 3.17. The first kappa shape index (κ1) is 10.3. The van der Waals surface area contributed by atoms with Gasteiger partial charge >= 0.3 is 0 Å². The van der Waals surface area contributed by atoms with Crippen LogP contribution in [-0.2, 0) is 0 Å². The van der Waals surface area contributed by atoms with E-state index in [4.69, 9.17) is 5.73 Å². The van der Waals surface area contributed by atoms with Gasteiger partial charge in [0.15, 0.2) is 0 Å². The highest BCUT2D eigenvalue weighted by Crippen LogP contribution is 2.14. The lowest BCUT2D eigenvalue weighted by molar-refractivity contribution is 0.722. The molecule has 0 aromatic heterocycles. The van der Waals surface area contributed by atoms with Crippen molar-refractivity contribution in [2.75, 3.05) is 5.75 Å². The summed E-state index contributed by atoms with van der Waals surface area (Å²) in [6, 6.07) is 0.402. The molecule has 0 aliphatic carbocycles. The maximum absolute atomic E-state index is 5.76. The van der Waals surface area contributed by atoms with E-state index in [0.717, 1.165) is 17.4 Å². The lowest BCUT2D eigenvalue weighted by Gasteiger charge is -2.11. The van der Waals surface area contributed by atoms with Crippen molar-refractivity contribution in [3.63, 3.8) is 0 Å². The van der Waals surface area contributed by atoms with Crippen LogP contribution < -0.4 is 5.73 Å². The van der Waals surface area contributed by atoms with E-state index in [1.54, 1.807) is 0 Å². The first-order valence-electron chi connectivity index (χ1n) is 4.07. The molecule has 1 nitrogen and oxygen atoms in total. The highest BCUT2D eigenvalue weighted by molar-refractivity contribution is 7.99. The summed E-state index contributed by atoms with van der Waals surface area (Å²) in [5, 5.41) is 0.776. The zero-order valence-corrected chi connectivity index (χ0v) is 8.08. The molecule has 0 heterocycles. The second-order valence-electron chi connectivity index (χ2n) is 2.72. The van der Waals surface area contributed by atoms with E-state index in [-0.39, 0.29) is 0 Å². The zero-order chi connectivity index (χ0) is 7.98. The Labute approximate surface area is 68.8 Å². The molecule has 0 radical (unpaired) electrons. The van der Waals surface area contributed by atoms with Crippen molar-refractivity contribution >= 4 is 11.8 Å². The molecule has 0 bridgehead atoms. The van der Waals surface area contributed by atoms with Crippen LogP contribution in [0.15, 0.2) is 0 Å². The summed E-state index contributed by atoms with van der Waals surface area (Å²) >= 11 is 1.98. The molecule has 2 atom stereocenters. The van der Waals surface area contributed by atoms with Gasteiger partial charge in [-0.15, -0.1) is 0 Å². The fourth-order valence-electron chi connectivity index (χ4n) is 0.524. The highest BCUT2D eigenvalue weighted by atomic mass is 32.2. The summed E-state index contributed by atoms with van der Waals surface area (Å²) in [6.07, 6.45) is 2.35. The van der Waals surface area contributed by atoms with Gasteiger partial charge in [-0.25, -0.2) is 0 Å². The molecule has 0 saturated carbocycles. The largest absolute Gasteiger partial charge is 0.327 e. The maximum atomic E-state index is 5.76. The molecule has 62 valence electrons. The van der Waals surface area contributed by atoms with Crippen molar-refractivity contribution in [3.8, 4) is 0 Å². The van der Waals surface area contributed by atoms with E-state index in [9.17, 15) is 0 Å². The van der Waals surface area contributed by atoms with Gasteiger partial charge in [-0.05, 0) is 12.8 Å². The lowest BCUT2D eigenvalue weighted by atomic mass is 10.3. The molecule has 0 saturated heterocycles. The van der Waals surface area contributed by atoms with E-state index in [0.29, 0.717) is 6.04 Å². The van der Waals surface area contributed by atoms with Crippen LogP contribution in [0.25, 0.3) is 0 Å². The van der Waals surface area contributed by atoms with Gasteiger partial charge in [0.1, 0.15) is 0 Å². The van der Waals surface area contributed by atoms with Crippen molar-refractivity contribution in [1.29, 1.82) is 0 Å². The van der Waals surface area contributed by atoms with Gasteiger partial charge in [-0.1, -0.05) is 20.8 Å². The summed E-state index contributed by atoms with van der Waals surface area (Å²) in [5.41, 5.74) is 5.76. The molecule has 0 amide bonds. The normalized spacial score (nSPS) is 16.8. The smallest absolute Gasteiger partial charge is 0.0127 e. The third kappa shape index (κ3) is 5.12. The topological polar surface area (TPSA) is 26.0 Å². The summed E-state index contributed by atoms with van der Waals surface area (Å²) in [5.74, 6) is 1.12. The SMILES string of the molecule is CCC(C)SC[C@@H](N)CC. The number of nitrogens with two attached hydrogens (primary N) is 1. The summed E-state index contributed by atoms with van der Waals surface area (Å²) in [7, 11) is 0. The lowest BCUT2D eigenvalue weighted by Crippen LogP contribution is -2.22. The highest BCUT2D eigenvalue weighted by Gasteiger charge is 2.02. The van der Waals surface area contributed by atoms with Crippen LogP contribution in [-0.4, -0.2) is 17.0 Å². The average molecular weight is 161 g/mol. The molecule has 0 rings (SSSR count). The second-order valence-corrected chi connectivity index (χ2v) is 4.19. The van der Waals surface area contributed by atoms with Gasteiger partial charge in [0.2, 0.25) is 0 Å². The third-order valence-corrected chi connectivity index (χ3v) is 3.22. The number of rotatable bonds is 5. The molecule has 0 aromatic rings. The molecule has 2 heteroatoms. The Hall–Kier alpha value is 0.310. The molecular formula is C8H19NS. The molecule has 1 unspecified atom stereocenters. The van der Waals surface area contributed by atoms with Crippen molar-refractivity contribution in [2.45, 2.75) is 44.9 Å². The maximum Gasteiger partial charge on any atom is 0.0127 e. The monoisotopic (exact) mass is 161 g/mol. The van der Waals surface area contributed by atoms with Crippen LogP contribution in [0, 0.1) is 0 Å². The van der Waals surface area contributed by atoms with E-state index >= 15 is 0 Å². The van der Waals surface area contributed by atoms with Crippen LogP contribution in [0.2, 0.25) is 0 Å². The van der Waals surface area contributed by atoms with Crippen LogP contribution >= 0.6 is 11.8 Å². The average Bonchev–Trinajstić information content (AvgIpc) is 1.99. The second kappa shape index (κ2) is 6.05. The van der Waals surface area contributed by atoms with Gasteiger partial charge < -0.3 is 5.73 Å². The van der Waals surface area contributed by atoms with E-state index in [1.807, 2.05) is 11.8 Å². The van der Waals surface area contributed by atoms with Gasteiger partial charge in [0, 0.05) is 17.0 Å². The molecule has 0 aliphatic rings. The summed E-state index contributed by atoms with van der Waals surface area (Å²) < 4.78 is 0. The fourth-order valence-corrected chi connectivity index (χ4v) is 1.57. The molecule has 0 aromatic carbocycles. The Bertz CT molecular complexity index is 65.7. The van der Waals surface area contributed by atoms with Gasteiger partial charge in [-0.2, -0.15) is 11.8 Å².